The zero-order valence-corrected chi connectivity index (χ0v) is 20.2. The molecular weight excluding hydrogens is 479 g/mol. The smallest absolute Gasteiger partial charge is 0.267 e. The molecule has 0 bridgehead atoms. The first-order valence-electron chi connectivity index (χ1n) is 10.2. The first kappa shape index (κ1) is 23.3. The van der Waals surface area contributed by atoms with Crippen LogP contribution in [0.25, 0.3) is 16.7 Å². The van der Waals surface area contributed by atoms with Gasteiger partial charge >= 0.3 is 0 Å². The number of thioether (sulfide) groups is 1. The Labute approximate surface area is 205 Å². The van der Waals surface area contributed by atoms with Crippen molar-refractivity contribution in [2.75, 3.05) is 5.75 Å². The summed E-state index contributed by atoms with van der Waals surface area (Å²) in [4.78, 5) is 35.0. The molecule has 9 heteroatoms. The third-order valence-corrected chi connectivity index (χ3v) is 6.70. The minimum Gasteiger partial charge on any atom is -0.349 e. The Morgan fingerprint density at radius 2 is 1.91 bits per heavy atom. The second kappa shape index (κ2) is 9.95. The average molecular weight is 499 g/mol. The van der Waals surface area contributed by atoms with E-state index in [-0.39, 0.29) is 23.3 Å². The second-order valence-electron chi connectivity index (χ2n) is 7.50. The summed E-state index contributed by atoms with van der Waals surface area (Å²) in [6.45, 7) is 3.79. The van der Waals surface area contributed by atoms with Crippen LogP contribution in [0.4, 0.5) is 0 Å². The Morgan fingerprint density at radius 3 is 2.64 bits per heavy atom. The molecule has 1 atom stereocenters. The Kier molecular flexibility index (Phi) is 7.02. The number of halogens is 2. The van der Waals surface area contributed by atoms with Crippen molar-refractivity contribution < 1.29 is 4.79 Å². The van der Waals surface area contributed by atoms with Crippen LogP contribution in [0.3, 0.4) is 0 Å². The normalized spacial score (nSPS) is 12.0. The number of amides is 1. The van der Waals surface area contributed by atoms with Crippen molar-refractivity contribution in [3.63, 3.8) is 0 Å². The number of fused-ring (bicyclic) bond motifs is 1. The lowest BCUT2D eigenvalue weighted by atomic mass is 10.1. The van der Waals surface area contributed by atoms with Gasteiger partial charge in [-0.05, 0) is 55.3 Å². The van der Waals surface area contributed by atoms with Gasteiger partial charge in [0, 0.05) is 6.20 Å². The fraction of sp³-hybridized carbons (Fsp3) is 0.167. The maximum absolute atomic E-state index is 13.2. The van der Waals surface area contributed by atoms with E-state index in [1.54, 1.807) is 42.6 Å². The Hall–Kier alpha value is -2.87. The molecule has 1 N–H and O–H groups in total. The molecule has 168 valence electrons. The Bertz CT molecular complexity index is 1390. The number of nitrogens with zero attached hydrogens (tertiary/aromatic N) is 3. The topological polar surface area (TPSA) is 76.9 Å². The van der Waals surface area contributed by atoms with E-state index in [4.69, 9.17) is 23.2 Å². The Morgan fingerprint density at radius 1 is 1.12 bits per heavy atom. The van der Waals surface area contributed by atoms with Gasteiger partial charge in [0.15, 0.2) is 5.16 Å². The molecule has 0 saturated heterocycles. The molecule has 0 saturated carbocycles. The standard InChI is InChI=1S/C24H20Cl2N4O2S/c1-14-7-10-21(27-12-14)30-23(32)17-5-3-4-6-20(17)29-24(30)33-13-22(31)28-15(2)16-8-9-18(25)19(26)11-16/h3-12,15H,13H2,1-2H3,(H,28,31). The number of hydrogen-bond donors (Lipinski definition) is 1. The zero-order valence-electron chi connectivity index (χ0n) is 17.9. The second-order valence-corrected chi connectivity index (χ2v) is 9.25. The van der Waals surface area contributed by atoms with Crippen molar-refractivity contribution >= 4 is 51.8 Å². The highest BCUT2D eigenvalue weighted by Crippen LogP contribution is 2.26. The van der Waals surface area contributed by atoms with Crippen molar-refractivity contribution in [3.05, 3.63) is 92.3 Å². The SMILES string of the molecule is Cc1ccc(-n2c(SCC(=O)NC(C)c3ccc(Cl)c(Cl)c3)nc3ccccc3c2=O)nc1. The molecule has 4 rings (SSSR count). The van der Waals surface area contributed by atoms with Gasteiger partial charge in [-0.2, -0.15) is 0 Å². The first-order chi connectivity index (χ1) is 15.8. The summed E-state index contributed by atoms with van der Waals surface area (Å²) in [5.74, 6) is 0.322. The summed E-state index contributed by atoms with van der Waals surface area (Å²) in [6.07, 6.45) is 1.69. The van der Waals surface area contributed by atoms with Gasteiger partial charge < -0.3 is 5.32 Å². The van der Waals surface area contributed by atoms with Crippen LogP contribution in [0, 0.1) is 6.92 Å². The molecule has 0 fully saturated rings. The molecular formula is C24H20Cl2N4O2S. The quantitative estimate of drug-likeness (QED) is 0.285. The molecule has 1 unspecified atom stereocenters. The number of carbonyl (C=O) groups excluding carboxylic acids is 1. The number of aryl methyl sites for hydroxylation is 1. The van der Waals surface area contributed by atoms with Crippen molar-refractivity contribution in [1.29, 1.82) is 0 Å². The lowest BCUT2D eigenvalue weighted by molar-refractivity contribution is -0.119. The fourth-order valence-electron chi connectivity index (χ4n) is 3.28. The van der Waals surface area contributed by atoms with Crippen LogP contribution >= 0.6 is 35.0 Å². The third-order valence-electron chi connectivity index (χ3n) is 5.02. The molecule has 6 nitrogen and oxygen atoms in total. The van der Waals surface area contributed by atoms with Gasteiger partial charge in [-0.15, -0.1) is 0 Å². The molecule has 2 aromatic carbocycles. The predicted octanol–water partition coefficient (Wildman–Crippen LogP) is 5.37. The summed E-state index contributed by atoms with van der Waals surface area (Å²) >= 11 is 13.2. The van der Waals surface area contributed by atoms with E-state index >= 15 is 0 Å². The van der Waals surface area contributed by atoms with Crippen LogP contribution in [0.1, 0.15) is 24.1 Å². The van der Waals surface area contributed by atoms with Gasteiger partial charge in [0.2, 0.25) is 5.91 Å². The molecule has 2 aromatic heterocycles. The van der Waals surface area contributed by atoms with E-state index in [9.17, 15) is 9.59 Å². The number of hydrogen-bond acceptors (Lipinski definition) is 5. The summed E-state index contributed by atoms with van der Waals surface area (Å²) in [5, 5.41) is 4.71. The van der Waals surface area contributed by atoms with Crippen LogP contribution in [-0.4, -0.2) is 26.2 Å². The molecule has 33 heavy (non-hydrogen) atoms. The summed E-state index contributed by atoms with van der Waals surface area (Å²) in [6, 6.07) is 15.8. The van der Waals surface area contributed by atoms with Crippen molar-refractivity contribution in [1.82, 2.24) is 19.9 Å². The predicted molar refractivity (Wildman–Crippen MR) is 134 cm³/mol. The summed E-state index contributed by atoms with van der Waals surface area (Å²) in [7, 11) is 0. The van der Waals surface area contributed by atoms with Gasteiger partial charge in [0.05, 0.1) is 32.7 Å². The summed E-state index contributed by atoms with van der Waals surface area (Å²) < 4.78 is 1.45. The van der Waals surface area contributed by atoms with Gasteiger partial charge in [0.1, 0.15) is 5.82 Å². The average Bonchev–Trinajstić information content (AvgIpc) is 2.80. The van der Waals surface area contributed by atoms with E-state index in [0.717, 1.165) is 11.1 Å². The van der Waals surface area contributed by atoms with E-state index in [1.165, 1.54) is 16.3 Å². The van der Waals surface area contributed by atoms with Crippen molar-refractivity contribution in [2.45, 2.75) is 25.0 Å². The summed E-state index contributed by atoms with van der Waals surface area (Å²) in [5.41, 5.74) is 2.15. The Balaban J connectivity index is 1.59. The number of carbonyl (C=O) groups is 1. The van der Waals surface area contributed by atoms with Crippen LogP contribution in [0.2, 0.25) is 10.0 Å². The highest BCUT2D eigenvalue weighted by atomic mass is 35.5. The largest absolute Gasteiger partial charge is 0.349 e. The number of nitrogens with one attached hydrogen (secondary N) is 1. The molecule has 4 aromatic rings. The van der Waals surface area contributed by atoms with E-state index in [1.807, 2.05) is 32.0 Å². The van der Waals surface area contributed by atoms with Crippen molar-refractivity contribution in [2.24, 2.45) is 0 Å². The van der Waals surface area contributed by atoms with Gasteiger partial charge in [-0.3, -0.25) is 9.59 Å². The van der Waals surface area contributed by atoms with Gasteiger partial charge in [-0.25, -0.2) is 14.5 Å². The van der Waals surface area contributed by atoms with Crippen LogP contribution in [-0.2, 0) is 4.79 Å². The van der Waals surface area contributed by atoms with E-state index < -0.39 is 0 Å². The number of rotatable bonds is 6. The molecule has 0 aliphatic heterocycles. The molecule has 0 aliphatic rings. The number of pyridine rings is 1. The molecule has 0 radical (unpaired) electrons. The van der Waals surface area contributed by atoms with E-state index in [0.29, 0.717) is 31.9 Å². The number of para-hydroxylation sites is 1. The lowest BCUT2D eigenvalue weighted by Crippen LogP contribution is -2.29. The van der Waals surface area contributed by atoms with Crippen LogP contribution < -0.4 is 10.9 Å². The minimum absolute atomic E-state index is 0.0717. The molecule has 1 amide bonds. The number of aromatic nitrogens is 3. The maximum Gasteiger partial charge on any atom is 0.267 e. The van der Waals surface area contributed by atoms with Gasteiger partial charge in [0.25, 0.3) is 5.56 Å². The van der Waals surface area contributed by atoms with Crippen LogP contribution in [0.15, 0.2) is 70.7 Å². The molecule has 0 spiro atoms. The molecule has 0 aliphatic carbocycles. The minimum atomic E-state index is -0.265. The number of benzene rings is 2. The lowest BCUT2D eigenvalue weighted by Gasteiger charge is -2.16. The van der Waals surface area contributed by atoms with Crippen LogP contribution in [0.5, 0.6) is 0 Å². The molecule has 2 heterocycles. The third kappa shape index (κ3) is 5.21. The first-order valence-corrected chi connectivity index (χ1v) is 11.9. The fourth-order valence-corrected chi connectivity index (χ4v) is 4.40. The maximum atomic E-state index is 13.2. The van der Waals surface area contributed by atoms with Crippen molar-refractivity contribution in [3.8, 4) is 5.82 Å². The highest BCUT2D eigenvalue weighted by Gasteiger charge is 2.17. The highest BCUT2D eigenvalue weighted by molar-refractivity contribution is 7.99. The van der Waals surface area contributed by atoms with E-state index in [2.05, 4.69) is 15.3 Å². The van der Waals surface area contributed by atoms with Gasteiger partial charge in [-0.1, -0.05) is 59.2 Å². The monoisotopic (exact) mass is 498 g/mol. The zero-order chi connectivity index (χ0) is 23.5.